The average molecular weight is 218 g/mol. The van der Waals surface area contributed by atoms with Gasteiger partial charge in [-0.3, -0.25) is 4.79 Å². The molecule has 1 aliphatic rings. The first-order chi connectivity index (χ1) is 7.74. The van der Waals surface area contributed by atoms with Crippen molar-refractivity contribution in [2.75, 3.05) is 13.7 Å². The molecular weight excluding hydrogens is 204 g/mol. The lowest BCUT2D eigenvalue weighted by molar-refractivity contribution is 0.102. The number of methoxy groups -OCH3 is 1. The summed E-state index contributed by atoms with van der Waals surface area (Å²) >= 11 is 0. The Balaban J connectivity index is 2.50. The first-order valence-corrected chi connectivity index (χ1v) is 5.23. The molecule has 0 amide bonds. The number of ether oxygens (including phenoxy) is 2. The van der Waals surface area contributed by atoms with Crippen molar-refractivity contribution in [3.8, 4) is 5.75 Å². The van der Waals surface area contributed by atoms with Crippen LogP contribution < -0.4 is 4.74 Å². The highest BCUT2D eigenvalue weighted by Crippen LogP contribution is 2.29. The lowest BCUT2D eigenvalue weighted by atomic mass is 10.0. The number of benzene rings is 1. The maximum absolute atomic E-state index is 12.2. The minimum absolute atomic E-state index is 0.00181. The van der Waals surface area contributed by atoms with E-state index in [1.54, 1.807) is 13.2 Å². The van der Waals surface area contributed by atoms with E-state index >= 15 is 0 Å². The molecule has 3 heteroatoms. The van der Waals surface area contributed by atoms with E-state index < -0.39 is 0 Å². The van der Waals surface area contributed by atoms with Crippen LogP contribution in [0.3, 0.4) is 0 Å². The Kier molecular flexibility index (Phi) is 2.95. The number of para-hydroxylation sites is 1. The predicted molar refractivity (Wildman–Crippen MR) is 60.7 cm³/mol. The van der Waals surface area contributed by atoms with Gasteiger partial charge in [-0.15, -0.1) is 0 Å². The van der Waals surface area contributed by atoms with E-state index in [1.807, 2.05) is 19.1 Å². The smallest absolute Gasteiger partial charge is 0.195 e. The van der Waals surface area contributed by atoms with Crippen molar-refractivity contribution in [3.63, 3.8) is 0 Å². The van der Waals surface area contributed by atoms with Gasteiger partial charge in [0.05, 0.1) is 25.5 Å². The lowest BCUT2D eigenvalue weighted by Crippen LogP contribution is -2.02. The molecule has 0 fully saturated rings. The molecule has 0 saturated carbocycles. The fourth-order valence-electron chi connectivity index (χ4n) is 1.83. The second-order valence-corrected chi connectivity index (χ2v) is 3.76. The van der Waals surface area contributed by atoms with Gasteiger partial charge in [-0.2, -0.15) is 0 Å². The molecule has 0 spiro atoms. The molecule has 0 bridgehead atoms. The summed E-state index contributed by atoms with van der Waals surface area (Å²) in [5.74, 6) is 0.699. The molecule has 1 heterocycles. The molecule has 1 aliphatic heterocycles. The van der Waals surface area contributed by atoms with Crippen LogP contribution in [0.15, 0.2) is 30.0 Å². The maximum atomic E-state index is 12.2. The predicted octanol–water partition coefficient (Wildman–Crippen LogP) is 2.49. The van der Waals surface area contributed by atoms with Gasteiger partial charge in [0.2, 0.25) is 0 Å². The quantitative estimate of drug-likeness (QED) is 0.536. The molecule has 1 aromatic rings. The second kappa shape index (κ2) is 4.39. The van der Waals surface area contributed by atoms with Crippen LogP contribution in [0.25, 0.3) is 0 Å². The molecule has 16 heavy (non-hydrogen) atoms. The lowest BCUT2D eigenvalue weighted by Gasteiger charge is -2.08. The number of carbonyl (C=O) groups is 1. The zero-order valence-electron chi connectivity index (χ0n) is 9.45. The number of ketones is 1. The van der Waals surface area contributed by atoms with Crippen molar-refractivity contribution in [1.82, 2.24) is 0 Å². The van der Waals surface area contributed by atoms with E-state index in [0.29, 0.717) is 29.9 Å². The minimum atomic E-state index is -0.00181. The number of carbonyl (C=O) groups excluding carboxylic acids is 1. The Hall–Kier alpha value is -1.77. The highest BCUT2D eigenvalue weighted by atomic mass is 16.5. The van der Waals surface area contributed by atoms with Crippen LogP contribution in [-0.4, -0.2) is 19.5 Å². The van der Waals surface area contributed by atoms with Crippen molar-refractivity contribution in [2.45, 2.75) is 13.3 Å². The number of hydrogen-bond donors (Lipinski definition) is 0. The molecule has 0 saturated heterocycles. The van der Waals surface area contributed by atoms with E-state index in [1.165, 1.54) is 6.26 Å². The molecule has 0 aliphatic carbocycles. The molecule has 0 atom stereocenters. The largest absolute Gasteiger partial charge is 0.504 e. The van der Waals surface area contributed by atoms with Crippen molar-refractivity contribution < 1.29 is 14.3 Å². The fraction of sp³-hybridized carbons (Fsp3) is 0.308. The van der Waals surface area contributed by atoms with Gasteiger partial charge in [-0.05, 0) is 18.6 Å². The van der Waals surface area contributed by atoms with E-state index in [0.717, 1.165) is 5.56 Å². The van der Waals surface area contributed by atoms with Crippen molar-refractivity contribution in [2.24, 2.45) is 0 Å². The van der Waals surface area contributed by atoms with Crippen molar-refractivity contribution in [1.29, 1.82) is 0 Å². The standard InChI is InChI=1S/C13H14O3/c1-9-4-3-5-11-12(14)10(8-15-2)6-7-16-13(9)11/h3-5,8H,6-7H2,1-2H3/b10-8-. The van der Waals surface area contributed by atoms with Gasteiger partial charge in [-0.25, -0.2) is 0 Å². The van der Waals surface area contributed by atoms with Crippen LogP contribution in [0.5, 0.6) is 5.75 Å². The summed E-state index contributed by atoms with van der Waals surface area (Å²) in [4.78, 5) is 12.2. The molecule has 0 radical (unpaired) electrons. The molecule has 84 valence electrons. The molecule has 1 aromatic carbocycles. The van der Waals surface area contributed by atoms with Crippen LogP contribution in [0, 0.1) is 6.92 Å². The van der Waals surface area contributed by atoms with Crippen molar-refractivity contribution in [3.05, 3.63) is 41.2 Å². The fourth-order valence-corrected chi connectivity index (χ4v) is 1.83. The zero-order chi connectivity index (χ0) is 11.5. The monoisotopic (exact) mass is 218 g/mol. The molecule has 0 aromatic heterocycles. The molecule has 2 rings (SSSR count). The van der Waals surface area contributed by atoms with Crippen LogP contribution >= 0.6 is 0 Å². The summed E-state index contributed by atoms with van der Waals surface area (Å²) in [6.45, 7) is 2.45. The topological polar surface area (TPSA) is 35.5 Å². The van der Waals surface area contributed by atoms with Gasteiger partial charge < -0.3 is 9.47 Å². The Morgan fingerprint density at radius 1 is 1.44 bits per heavy atom. The average Bonchev–Trinajstić information content (AvgIpc) is 2.43. The van der Waals surface area contributed by atoms with Gasteiger partial charge in [0.25, 0.3) is 0 Å². The van der Waals surface area contributed by atoms with Crippen LogP contribution in [0.1, 0.15) is 22.3 Å². The minimum Gasteiger partial charge on any atom is -0.504 e. The van der Waals surface area contributed by atoms with E-state index in [4.69, 9.17) is 9.47 Å². The summed E-state index contributed by atoms with van der Waals surface area (Å²) in [5.41, 5.74) is 2.28. The van der Waals surface area contributed by atoms with Gasteiger partial charge >= 0.3 is 0 Å². The number of aryl methyl sites for hydroxylation is 1. The molecule has 0 unspecified atom stereocenters. The van der Waals surface area contributed by atoms with Crippen LogP contribution in [-0.2, 0) is 4.74 Å². The third-order valence-electron chi connectivity index (χ3n) is 2.63. The third kappa shape index (κ3) is 1.81. The van der Waals surface area contributed by atoms with E-state index in [9.17, 15) is 4.79 Å². The van der Waals surface area contributed by atoms with Crippen molar-refractivity contribution >= 4 is 5.78 Å². The second-order valence-electron chi connectivity index (χ2n) is 3.76. The Morgan fingerprint density at radius 2 is 2.25 bits per heavy atom. The summed E-state index contributed by atoms with van der Waals surface area (Å²) < 4.78 is 10.5. The Labute approximate surface area is 94.7 Å². The SMILES string of the molecule is CO/C=C1/CCOc2c(C)cccc2C1=O. The number of fused-ring (bicyclic) bond motifs is 1. The molecule has 0 N–H and O–H groups in total. The summed E-state index contributed by atoms with van der Waals surface area (Å²) in [6.07, 6.45) is 2.09. The normalized spacial score (nSPS) is 17.6. The highest BCUT2D eigenvalue weighted by Gasteiger charge is 2.22. The summed E-state index contributed by atoms with van der Waals surface area (Å²) in [5, 5.41) is 0. The summed E-state index contributed by atoms with van der Waals surface area (Å²) in [7, 11) is 1.54. The van der Waals surface area contributed by atoms with Gasteiger partial charge in [0.15, 0.2) is 5.78 Å². The summed E-state index contributed by atoms with van der Waals surface area (Å²) in [6, 6.07) is 5.60. The molecule has 3 nitrogen and oxygen atoms in total. The maximum Gasteiger partial charge on any atom is 0.195 e. The number of rotatable bonds is 1. The van der Waals surface area contributed by atoms with E-state index in [-0.39, 0.29) is 5.78 Å². The number of hydrogen-bond acceptors (Lipinski definition) is 3. The number of Topliss-reactive ketones (excluding diaryl/α,β-unsaturated/α-hetero) is 1. The van der Waals surface area contributed by atoms with Gasteiger partial charge in [0, 0.05) is 12.0 Å². The Bertz CT molecular complexity index is 446. The first kappa shape index (κ1) is 10.7. The first-order valence-electron chi connectivity index (χ1n) is 5.23. The van der Waals surface area contributed by atoms with E-state index in [2.05, 4.69) is 0 Å². The van der Waals surface area contributed by atoms with Crippen LogP contribution in [0.2, 0.25) is 0 Å². The Morgan fingerprint density at radius 3 is 3.00 bits per heavy atom. The molecular formula is C13H14O3. The highest BCUT2D eigenvalue weighted by molar-refractivity contribution is 6.10. The van der Waals surface area contributed by atoms with Crippen LogP contribution in [0.4, 0.5) is 0 Å². The van der Waals surface area contributed by atoms with Gasteiger partial charge in [-0.1, -0.05) is 12.1 Å². The van der Waals surface area contributed by atoms with Gasteiger partial charge in [0.1, 0.15) is 5.75 Å². The third-order valence-corrected chi connectivity index (χ3v) is 2.63. The zero-order valence-corrected chi connectivity index (χ0v) is 9.45.